The van der Waals surface area contributed by atoms with Gasteiger partial charge in [-0.05, 0) is 23.3 Å². The fourth-order valence-corrected chi connectivity index (χ4v) is 1.42. The SMILES string of the molecule is CI.NCc1cncc2c1N=CCC2. The van der Waals surface area contributed by atoms with Gasteiger partial charge in [0, 0.05) is 30.7 Å². The van der Waals surface area contributed by atoms with Crippen molar-refractivity contribution in [2.45, 2.75) is 19.4 Å². The van der Waals surface area contributed by atoms with Gasteiger partial charge in [-0.1, -0.05) is 22.6 Å². The second-order valence-corrected chi connectivity index (χ2v) is 2.86. The molecule has 76 valence electrons. The molecule has 0 atom stereocenters. The molecular weight excluding hydrogens is 289 g/mol. The average molecular weight is 303 g/mol. The summed E-state index contributed by atoms with van der Waals surface area (Å²) in [5.74, 6) is 0. The van der Waals surface area contributed by atoms with Crippen molar-refractivity contribution >= 4 is 34.5 Å². The van der Waals surface area contributed by atoms with Crippen molar-refractivity contribution in [3.63, 3.8) is 0 Å². The van der Waals surface area contributed by atoms with Gasteiger partial charge in [-0.2, -0.15) is 0 Å². The Morgan fingerprint density at radius 2 is 2.21 bits per heavy atom. The smallest absolute Gasteiger partial charge is 0.0733 e. The van der Waals surface area contributed by atoms with Gasteiger partial charge >= 0.3 is 0 Å². The van der Waals surface area contributed by atoms with Gasteiger partial charge in [0.25, 0.3) is 0 Å². The maximum Gasteiger partial charge on any atom is 0.0733 e. The number of nitrogens with zero attached hydrogens (tertiary/aromatic N) is 2. The first-order valence-corrected chi connectivity index (χ1v) is 6.63. The normalized spacial score (nSPS) is 12.8. The second-order valence-electron chi connectivity index (χ2n) is 2.86. The van der Waals surface area contributed by atoms with Gasteiger partial charge in [0.1, 0.15) is 0 Å². The van der Waals surface area contributed by atoms with Gasteiger partial charge in [0.15, 0.2) is 0 Å². The van der Waals surface area contributed by atoms with Crippen LogP contribution in [0.2, 0.25) is 0 Å². The molecule has 0 saturated carbocycles. The van der Waals surface area contributed by atoms with Gasteiger partial charge in [-0.25, -0.2) is 0 Å². The molecule has 0 amide bonds. The van der Waals surface area contributed by atoms with Crippen LogP contribution in [-0.4, -0.2) is 16.1 Å². The number of hydrogen-bond donors (Lipinski definition) is 1. The summed E-state index contributed by atoms with van der Waals surface area (Å²) in [5.41, 5.74) is 8.87. The van der Waals surface area contributed by atoms with Crippen LogP contribution in [0.1, 0.15) is 17.5 Å². The van der Waals surface area contributed by atoms with E-state index in [1.165, 1.54) is 5.56 Å². The molecule has 0 aromatic carbocycles. The van der Waals surface area contributed by atoms with E-state index in [2.05, 4.69) is 32.6 Å². The highest BCUT2D eigenvalue weighted by molar-refractivity contribution is 14.1. The van der Waals surface area contributed by atoms with E-state index in [1.807, 2.05) is 17.3 Å². The first-order valence-electron chi connectivity index (χ1n) is 4.48. The molecule has 0 unspecified atom stereocenters. The van der Waals surface area contributed by atoms with Crippen molar-refractivity contribution in [3.05, 3.63) is 23.5 Å². The van der Waals surface area contributed by atoms with E-state index in [1.54, 1.807) is 6.20 Å². The minimum absolute atomic E-state index is 0.521. The Balaban J connectivity index is 0.000000461. The van der Waals surface area contributed by atoms with E-state index in [-0.39, 0.29) is 0 Å². The monoisotopic (exact) mass is 303 g/mol. The summed E-state index contributed by atoms with van der Waals surface area (Å²) in [7, 11) is 0. The van der Waals surface area contributed by atoms with E-state index >= 15 is 0 Å². The van der Waals surface area contributed by atoms with E-state index in [9.17, 15) is 0 Å². The van der Waals surface area contributed by atoms with E-state index in [0.29, 0.717) is 6.54 Å². The third-order valence-corrected chi connectivity index (χ3v) is 2.05. The fourth-order valence-electron chi connectivity index (χ4n) is 1.42. The Labute approximate surface area is 98.0 Å². The molecule has 0 radical (unpaired) electrons. The molecule has 1 aromatic heterocycles. The number of fused-ring (bicyclic) bond motifs is 1. The van der Waals surface area contributed by atoms with Gasteiger partial charge in [0.2, 0.25) is 0 Å². The minimum Gasteiger partial charge on any atom is -0.326 e. The van der Waals surface area contributed by atoms with Crippen LogP contribution in [0.4, 0.5) is 5.69 Å². The Morgan fingerprint density at radius 1 is 1.43 bits per heavy atom. The molecule has 3 nitrogen and oxygen atoms in total. The van der Waals surface area contributed by atoms with Crippen LogP contribution in [0.25, 0.3) is 0 Å². The molecule has 2 rings (SSSR count). The molecule has 2 N–H and O–H groups in total. The molecule has 0 saturated heterocycles. The molecule has 1 aliphatic rings. The molecule has 0 fully saturated rings. The third-order valence-electron chi connectivity index (χ3n) is 2.05. The van der Waals surface area contributed by atoms with Crippen LogP contribution in [0, 0.1) is 0 Å². The summed E-state index contributed by atoms with van der Waals surface area (Å²) in [6.07, 6.45) is 7.68. The zero-order chi connectivity index (χ0) is 10.4. The lowest BCUT2D eigenvalue weighted by Gasteiger charge is -2.11. The minimum atomic E-state index is 0.521. The van der Waals surface area contributed by atoms with Crippen LogP contribution in [0.5, 0.6) is 0 Å². The topological polar surface area (TPSA) is 51.3 Å². The predicted molar refractivity (Wildman–Crippen MR) is 68.5 cm³/mol. The molecule has 0 spiro atoms. The molecule has 1 aliphatic heterocycles. The van der Waals surface area contributed by atoms with Crippen LogP contribution >= 0.6 is 22.6 Å². The summed E-state index contributed by atoms with van der Waals surface area (Å²) in [6.45, 7) is 0.521. The molecule has 0 bridgehead atoms. The van der Waals surface area contributed by atoms with Crippen LogP contribution in [0.15, 0.2) is 17.4 Å². The highest BCUT2D eigenvalue weighted by Crippen LogP contribution is 2.26. The average Bonchev–Trinajstić information content (AvgIpc) is 2.31. The van der Waals surface area contributed by atoms with Crippen LogP contribution in [-0.2, 0) is 13.0 Å². The first kappa shape index (κ1) is 11.6. The lowest BCUT2D eigenvalue weighted by molar-refractivity contribution is 0.967. The summed E-state index contributed by atoms with van der Waals surface area (Å²) < 4.78 is 0. The van der Waals surface area contributed by atoms with Gasteiger partial charge in [-0.3, -0.25) is 9.98 Å². The number of rotatable bonds is 1. The van der Waals surface area contributed by atoms with E-state index in [4.69, 9.17) is 5.73 Å². The number of nitrogens with two attached hydrogens (primary N) is 1. The van der Waals surface area contributed by atoms with Crippen LogP contribution < -0.4 is 5.73 Å². The fraction of sp³-hybridized carbons (Fsp3) is 0.400. The van der Waals surface area contributed by atoms with Gasteiger partial charge < -0.3 is 5.73 Å². The summed E-state index contributed by atoms with van der Waals surface area (Å²) >= 11 is 2.15. The number of hydrogen-bond acceptors (Lipinski definition) is 3. The Kier molecular flexibility index (Phi) is 5.03. The number of aryl methyl sites for hydroxylation is 1. The van der Waals surface area contributed by atoms with E-state index < -0.39 is 0 Å². The van der Waals surface area contributed by atoms with E-state index in [0.717, 1.165) is 24.1 Å². The van der Waals surface area contributed by atoms with Crippen molar-refractivity contribution in [2.24, 2.45) is 10.7 Å². The lowest BCUT2D eigenvalue weighted by Crippen LogP contribution is -2.02. The maximum absolute atomic E-state index is 5.56. The predicted octanol–water partition coefficient (Wildman–Crippen LogP) is 2.24. The standard InChI is InChI=1S/C9H11N3.CH3I/c10-4-8-6-11-5-7-2-1-3-12-9(7)8;1-2/h3,5-6H,1-2,4,10H2;1H3. The van der Waals surface area contributed by atoms with Crippen molar-refractivity contribution in [1.82, 2.24) is 4.98 Å². The first-order chi connectivity index (χ1) is 6.92. The summed E-state index contributed by atoms with van der Waals surface area (Å²) in [4.78, 5) is 10.4. The quantitative estimate of drug-likeness (QED) is 0.639. The number of aliphatic imine (C=N–C) groups is 1. The van der Waals surface area contributed by atoms with Crippen molar-refractivity contribution in [1.29, 1.82) is 0 Å². The molecule has 1 aromatic rings. The van der Waals surface area contributed by atoms with Crippen molar-refractivity contribution in [2.75, 3.05) is 4.93 Å². The zero-order valence-corrected chi connectivity index (χ0v) is 10.4. The number of halogens is 1. The summed E-state index contributed by atoms with van der Waals surface area (Å²) in [5, 5.41) is 0. The van der Waals surface area contributed by atoms with Gasteiger partial charge in [0.05, 0.1) is 5.69 Å². The molecule has 2 heterocycles. The van der Waals surface area contributed by atoms with Crippen molar-refractivity contribution < 1.29 is 0 Å². The third kappa shape index (κ3) is 2.51. The highest BCUT2D eigenvalue weighted by atomic mass is 127. The molecule has 14 heavy (non-hydrogen) atoms. The largest absolute Gasteiger partial charge is 0.326 e. The maximum atomic E-state index is 5.56. The number of pyridine rings is 1. The van der Waals surface area contributed by atoms with Crippen LogP contribution in [0.3, 0.4) is 0 Å². The lowest BCUT2D eigenvalue weighted by atomic mass is 10.0. The number of alkyl halides is 1. The van der Waals surface area contributed by atoms with Gasteiger partial charge in [-0.15, -0.1) is 0 Å². The number of aromatic nitrogens is 1. The Bertz CT molecular complexity index is 323. The molecule has 4 heteroatoms. The Morgan fingerprint density at radius 3 is 2.93 bits per heavy atom. The highest BCUT2D eigenvalue weighted by Gasteiger charge is 2.08. The van der Waals surface area contributed by atoms with Crippen molar-refractivity contribution in [3.8, 4) is 0 Å². The summed E-state index contributed by atoms with van der Waals surface area (Å²) in [6, 6.07) is 0. The second kappa shape index (κ2) is 6.08. The zero-order valence-electron chi connectivity index (χ0n) is 8.20. The Hall–Kier alpha value is -0.490. The molecular formula is C10H14IN3. The molecule has 0 aliphatic carbocycles.